The fourth-order valence-corrected chi connectivity index (χ4v) is 2.34. The van der Waals surface area contributed by atoms with Crippen molar-refractivity contribution < 1.29 is 9.18 Å². The molecule has 6 heteroatoms. The van der Waals surface area contributed by atoms with E-state index in [0.717, 1.165) is 5.65 Å². The summed E-state index contributed by atoms with van der Waals surface area (Å²) in [6.45, 7) is 1.84. The number of rotatable bonds is 4. The first kappa shape index (κ1) is 14.2. The average molecular weight is 298 g/mol. The number of hydrogen-bond acceptors (Lipinski definition) is 3. The number of aromatic nitrogens is 3. The molecule has 1 aromatic carbocycles. The predicted octanol–water partition coefficient (Wildman–Crippen LogP) is 2.29. The first-order valence-electron chi connectivity index (χ1n) is 6.97. The van der Waals surface area contributed by atoms with E-state index in [1.54, 1.807) is 12.1 Å². The Morgan fingerprint density at radius 2 is 2.14 bits per heavy atom. The van der Waals surface area contributed by atoms with Crippen LogP contribution in [0.3, 0.4) is 0 Å². The Morgan fingerprint density at radius 1 is 1.27 bits per heavy atom. The molecule has 2 aromatic heterocycles. The predicted molar refractivity (Wildman–Crippen MR) is 79.6 cm³/mol. The first-order valence-corrected chi connectivity index (χ1v) is 6.97. The van der Waals surface area contributed by atoms with E-state index < -0.39 is 0 Å². The largest absolute Gasteiger partial charge is 0.346 e. The summed E-state index contributed by atoms with van der Waals surface area (Å²) in [6, 6.07) is 11.3. The first-order chi connectivity index (χ1) is 10.6. The molecule has 0 saturated carbocycles. The highest BCUT2D eigenvalue weighted by molar-refractivity contribution is 5.78. The molecule has 1 unspecified atom stereocenters. The zero-order valence-corrected chi connectivity index (χ0v) is 12.0. The molecule has 5 nitrogen and oxygen atoms in total. The van der Waals surface area contributed by atoms with Gasteiger partial charge in [-0.3, -0.25) is 9.20 Å². The van der Waals surface area contributed by atoms with Gasteiger partial charge in [-0.15, -0.1) is 10.2 Å². The Balaban J connectivity index is 1.71. The minimum absolute atomic E-state index is 0.124. The number of hydrogen-bond donors (Lipinski definition) is 1. The SMILES string of the molecule is CC(NC(=O)Cc1cccc(F)c1)c1nnc2ccccn12. The van der Waals surface area contributed by atoms with Crippen LogP contribution < -0.4 is 5.32 Å². The number of nitrogens with zero attached hydrogens (tertiary/aromatic N) is 3. The fourth-order valence-electron chi connectivity index (χ4n) is 2.34. The number of halogens is 1. The van der Waals surface area contributed by atoms with E-state index in [0.29, 0.717) is 11.4 Å². The zero-order chi connectivity index (χ0) is 15.5. The molecule has 1 atom stereocenters. The van der Waals surface area contributed by atoms with Crippen LogP contribution in [0.2, 0.25) is 0 Å². The Hall–Kier alpha value is -2.76. The van der Waals surface area contributed by atoms with Crippen LogP contribution in [0.5, 0.6) is 0 Å². The zero-order valence-electron chi connectivity index (χ0n) is 12.0. The van der Waals surface area contributed by atoms with Crippen molar-refractivity contribution in [3.63, 3.8) is 0 Å². The van der Waals surface area contributed by atoms with Crippen molar-refractivity contribution in [3.8, 4) is 0 Å². The molecule has 0 aliphatic rings. The summed E-state index contributed by atoms with van der Waals surface area (Å²) < 4.78 is 15.0. The van der Waals surface area contributed by atoms with Crippen molar-refractivity contribution in [1.29, 1.82) is 0 Å². The highest BCUT2D eigenvalue weighted by Crippen LogP contribution is 2.12. The van der Waals surface area contributed by atoms with Crippen molar-refractivity contribution >= 4 is 11.6 Å². The van der Waals surface area contributed by atoms with Crippen LogP contribution in [-0.4, -0.2) is 20.5 Å². The van der Waals surface area contributed by atoms with Gasteiger partial charge in [0.15, 0.2) is 11.5 Å². The van der Waals surface area contributed by atoms with Crippen LogP contribution in [-0.2, 0) is 11.2 Å². The summed E-state index contributed by atoms with van der Waals surface area (Å²) in [6.07, 6.45) is 1.97. The van der Waals surface area contributed by atoms with Gasteiger partial charge in [0.2, 0.25) is 5.91 Å². The molecule has 0 radical (unpaired) electrons. The van der Waals surface area contributed by atoms with Gasteiger partial charge in [0.1, 0.15) is 5.82 Å². The third-order valence-electron chi connectivity index (χ3n) is 3.36. The smallest absolute Gasteiger partial charge is 0.225 e. The Labute approximate surface area is 126 Å². The summed E-state index contributed by atoms with van der Waals surface area (Å²) in [5.41, 5.74) is 1.36. The second-order valence-corrected chi connectivity index (χ2v) is 5.08. The maximum absolute atomic E-state index is 13.1. The molecular formula is C16H15FN4O. The van der Waals surface area contributed by atoms with Gasteiger partial charge < -0.3 is 5.32 Å². The lowest BCUT2D eigenvalue weighted by atomic mass is 10.1. The summed E-state index contributed by atoms with van der Waals surface area (Å²) in [5, 5.41) is 11.0. The van der Waals surface area contributed by atoms with E-state index in [-0.39, 0.29) is 24.2 Å². The monoisotopic (exact) mass is 298 g/mol. The van der Waals surface area contributed by atoms with Crippen molar-refractivity contribution in [1.82, 2.24) is 19.9 Å². The number of fused-ring (bicyclic) bond motifs is 1. The van der Waals surface area contributed by atoms with Crippen molar-refractivity contribution in [2.24, 2.45) is 0 Å². The topological polar surface area (TPSA) is 59.3 Å². The lowest BCUT2D eigenvalue weighted by Gasteiger charge is -2.12. The molecule has 0 fully saturated rings. The van der Waals surface area contributed by atoms with Gasteiger partial charge in [-0.1, -0.05) is 18.2 Å². The molecule has 112 valence electrons. The van der Waals surface area contributed by atoms with Gasteiger partial charge in [-0.25, -0.2) is 4.39 Å². The molecule has 0 spiro atoms. The summed E-state index contributed by atoms with van der Waals surface area (Å²) in [5.74, 6) is 0.121. The maximum atomic E-state index is 13.1. The summed E-state index contributed by atoms with van der Waals surface area (Å²) >= 11 is 0. The lowest BCUT2D eigenvalue weighted by Crippen LogP contribution is -2.29. The molecule has 0 bridgehead atoms. The molecule has 1 N–H and O–H groups in total. The van der Waals surface area contributed by atoms with Crippen LogP contribution >= 0.6 is 0 Å². The molecule has 3 rings (SSSR count). The van der Waals surface area contributed by atoms with E-state index >= 15 is 0 Å². The van der Waals surface area contributed by atoms with Crippen LogP contribution in [0.25, 0.3) is 5.65 Å². The minimum Gasteiger partial charge on any atom is -0.346 e. The van der Waals surface area contributed by atoms with Gasteiger partial charge >= 0.3 is 0 Å². The molecule has 0 aliphatic carbocycles. The van der Waals surface area contributed by atoms with Gasteiger partial charge in [0.05, 0.1) is 12.5 Å². The second-order valence-electron chi connectivity index (χ2n) is 5.08. The Bertz CT molecular complexity index is 815. The molecule has 3 aromatic rings. The molecule has 22 heavy (non-hydrogen) atoms. The number of carbonyl (C=O) groups excluding carboxylic acids is 1. The average Bonchev–Trinajstić information content (AvgIpc) is 2.91. The van der Waals surface area contributed by atoms with Crippen LogP contribution in [0, 0.1) is 5.82 Å². The van der Waals surface area contributed by atoms with Crippen molar-refractivity contribution in [2.45, 2.75) is 19.4 Å². The Kier molecular flexibility index (Phi) is 3.82. The normalized spacial score (nSPS) is 12.3. The molecular weight excluding hydrogens is 283 g/mol. The van der Waals surface area contributed by atoms with Gasteiger partial charge in [0.25, 0.3) is 0 Å². The van der Waals surface area contributed by atoms with Gasteiger partial charge in [0, 0.05) is 6.20 Å². The molecule has 0 aliphatic heterocycles. The van der Waals surface area contributed by atoms with E-state index in [1.807, 2.05) is 35.7 Å². The molecule has 2 heterocycles. The lowest BCUT2D eigenvalue weighted by molar-refractivity contribution is -0.121. The number of carbonyl (C=O) groups is 1. The third kappa shape index (κ3) is 2.95. The van der Waals surface area contributed by atoms with Crippen LogP contribution in [0.15, 0.2) is 48.7 Å². The van der Waals surface area contributed by atoms with E-state index in [4.69, 9.17) is 0 Å². The number of pyridine rings is 1. The van der Waals surface area contributed by atoms with Crippen molar-refractivity contribution in [2.75, 3.05) is 0 Å². The maximum Gasteiger partial charge on any atom is 0.225 e. The summed E-state index contributed by atoms with van der Waals surface area (Å²) in [7, 11) is 0. The highest BCUT2D eigenvalue weighted by atomic mass is 19.1. The van der Waals surface area contributed by atoms with E-state index in [9.17, 15) is 9.18 Å². The summed E-state index contributed by atoms with van der Waals surface area (Å²) in [4.78, 5) is 12.1. The van der Waals surface area contributed by atoms with Gasteiger partial charge in [-0.05, 0) is 36.8 Å². The van der Waals surface area contributed by atoms with Gasteiger partial charge in [-0.2, -0.15) is 0 Å². The second kappa shape index (κ2) is 5.93. The number of nitrogens with one attached hydrogen (secondary N) is 1. The molecule has 0 saturated heterocycles. The van der Waals surface area contributed by atoms with E-state index in [2.05, 4.69) is 15.5 Å². The molecule has 1 amide bonds. The number of amides is 1. The van der Waals surface area contributed by atoms with Crippen LogP contribution in [0.1, 0.15) is 24.4 Å². The quantitative estimate of drug-likeness (QED) is 0.804. The third-order valence-corrected chi connectivity index (χ3v) is 3.36. The fraction of sp³-hybridized carbons (Fsp3) is 0.188. The van der Waals surface area contributed by atoms with Crippen LogP contribution in [0.4, 0.5) is 4.39 Å². The highest BCUT2D eigenvalue weighted by Gasteiger charge is 2.15. The minimum atomic E-state index is -0.346. The Morgan fingerprint density at radius 3 is 2.95 bits per heavy atom. The van der Waals surface area contributed by atoms with Crippen molar-refractivity contribution in [3.05, 3.63) is 65.9 Å². The standard InChI is InChI=1S/C16H15FN4O/c1-11(16-20-19-14-7-2-3-8-21(14)16)18-15(22)10-12-5-4-6-13(17)9-12/h2-9,11H,10H2,1H3,(H,18,22). The number of benzene rings is 1. The van der Waals surface area contributed by atoms with E-state index in [1.165, 1.54) is 12.1 Å².